The maximum atomic E-state index is 12.3. The summed E-state index contributed by atoms with van der Waals surface area (Å²) in [4.78, 5) is 16.3. The second kappa shape index (κ2) is 6.59. The van der Waals surface area contributed by atoms with Crippen LogP contribution in [0.1, 0.15) is 56.5 Å². The van der Waals surface area contributed by atoms with Crippen molar-refractivity contribution in [2.24, 2.45) is 0 Å². The first-order valence-corrected chi connectivity index (χ1v) is 8.41. The van der Waals surface area contributed by atoms with Gasteiger partial charge in [0.05, 0.1) is 17.8 Å². The summed E-state index contributed by atoms with van der Waals surface area (Å²) in [6, 6.07) is 3.81. The van der Waals surface area contributed by atoms with Crippen molar-refractivity contribution in [3.63, 3.8) is 0 Å². The number of carbonyl (C=O) groups excluding carboxylic acids is 1. The fourth-order valence-electron chi connectivity index (χ4n) is 3.15. The van der Waals surface area contributed by atoms with Crippen molar-refractivity contribution in [3.05, 3.63) is 53.6 Å². The highest BCUT2D eigenvalue weighted by atomic mass is 16.1. The van der Waals surface area contributed by atoms with Crippen LogP contribution in [0.25, 0.3) is 6.08 Å². The largest absolute Gasteiger partial charge is 0.346 e. The Hall–Kier alpha value is -2.43. The SMILES string of the molecule is CC(C)(C)n1ncc2c1CCC[C@@H]2NC(=O)/C=C/c1cccnc1. The Morgan fingerprint density at radius 2 is 2.21 bits per heavy atom. The first-order valence-electron chi connectivity index (χ1n) is 8.41. The molecular formula is C19H24N4O. The maximum Gasteiger partial charge on any atom is 0.244 e. The summed E-state index contributed by atoms with van der Waals surface area (Å²) in [5.41, 5.74) is 3.27. The van der Waals surface area contributed by atoms with Crippen LogP contribution in [-0.2, 0) is 16.8 Å². The van der Waals surface area contributed by atoms with Gasteiger partial charge >= 0.3 is 0 Å². The van der Waals surface area contributed by atoms with Crippen LogP contribution in [0.2, 0.25) is 0 Å². The van der Waals surface area contributed by atoms with Gasteiger partial charge in [0.15, 0.2) is 0 Å². The molecule has 1 amide bonds. The highest BCUT2D eigenvalue weighted by molar-refractivity contribution is 5.91. The minimum atomic E-state index is -0.0831. The van der Waals surface area contributed by atoms with Crippen LogP contribution in [0, 0.1) is 0 Å². The molecule has 0 bridgehead atoms. The standard InChI is InChI=1S/C19H24N4O/c1-19(2,3)23-17-8-4-7-16(15(17)13-21-23)22-18(24)10-9-14-6-5-11-20-12-14/h5-6,9-13,16H,4,7-8H2,1-3H3,(H,22,24)/b10-9+/t16-/m0/s1. The summed E-state index contributed by atoms with van der Waals surface area (Å²) in [6.45, 7) is 6.46. The first kappa shape index (κ1) is 16.4. The smallest absolute Gasteiger partial charge is 0.244 e. The first-order chi connectivity index (χ1) is 11.4. The lowest BCUT2D eigenvalue weighted by Gasteiger charge is -2.28. The predicted octanol–water partition coefficient (Wildman–Crippen LogP) is 3.24. The van der Waals surface area contributed by atoms with Crippen molar-refractivity contribution in [2.45, 2.75) is 51.6 Å². The molecule has 1 aliphatic rings. The molecule has 1 atom stereocenters. The van der Waals surface area contributed by atoms with E-state index in [4.69, 9.17) is 0 Å². The van der Waals surface area contributed by atoms with Crippen molar-refractivity contribution in [3.8, 4) is 0 Å². The zero-order valence-electron chi connectivity index (χ0n) is 14.5. The molecule has 0 aromatic carbocycles. The number of aromatic nitrogens is 3. The van der Waals surface area contributed by atoms with Gasteiger partial charge in [-0.05, 0) is 57.7 Å². The van der Waals surface area contributed by atoms with E-state index in [0.717, 1.165) is 30.4 Å². The van der Waals surface area contributed by atoms with E-state index in [1.165, 1.54) is 5.69 Å². The van der Waals surface area contributed by atoms with E-state index in [1.54, 1.807) is 24.5 Å². The summed E-state index contributed by atoms with van der Waals surface area (Å²) in [5, 5.41) is 7.67. The fraction of sp³-hybridized carbons (Fsp3) is 0.421. The lowest BCUT2D eigenvalue weighted by Crippen LogP contribution is -2.31. The molecule has 2 aromatic heterocycles. The molecule has 2 aromatic rings. The van der Waals surface area contributed by atoms with Crippen LogP contribution in [0.4, 0.5) is 0 Å². The molecule has 0 fully saturated rings. The number of carbonyl (C=O) groups is 1. The molecule has 5 heteroatoms. The summed E-state index contributed by atoms with van der Waals surface area (Å²) < 4.78 is 2.09. The van der Waals surface area contributed by atoms with Crippen molar-refractivity contribution in [1.82, 2.24) is 20.1 Å². The normalized spacial score (nSPS) is 17.7. The molecule has 0 unspecified atom stereocenters. The highest BCUT2D eigenvalue weighted by Gasteiger charge is 2.28. The molecule has 126 valence electrons. The third kappa shape index (κ3) is 3.55. The molecule has 5 nitrogen and oxygen atoms in total. The number of hydrogen-bond donors (Lipinski definition) is 1. The Labute approximate surface area is 142 Å². The van der Waals surface area contributed by atoms with Crippen LogP contribution in [0.15, 0.2) is 36.8 Å². The lowest BCUT2D eigenvalue weighted by molar-refractivity contribution is -0.117. The molecule has 1 N–H and O–H groups in total. The minimum Gasteiger partial charge on any atom is -0.346 e. The fourth-order valence-corrected chi connectivity index (χ4v) is 3.15. The molecule has 0 saturated heterocycles. The number of fused-ring (bicyclic) bond motifs is 1. The van der Waals surface area contributed by atoms with E-state index in [1.807, 2.05) is 18.3 Å². The molecule has 24 heavy (non-hydrogen) atoms. The van der Waals surface area contributed by atoms with Crippen molar-refractivity contribution >= 4 is 12.0 Å². The quantitative estimate of drug-likeness (QED) is 0.882. The highest BCUT2D eigenvalue weighted by Crippen LogP contribution is 2.32. The van der Waals surface area contributed by atoms with Gasteiger partial charge in [0.25, 0.3) is 0 Å². The molecule has 2 heterocycles. The number of rotatable bonds is 3. The van der Waals surface area contributed by atoms with Gasteiger partial charge in [0, 0.05) is 29.7 Å². The third-order valence-corrected chi connectivity index (χ3v) is 4.25. The van der Waals surface area contributed by atoms with Gasteiger partial charge in [-0.1, -0.05) is 6.07 Å². The van der Waals surface area contributed by atoms with Crippen LogP contribution in [-0.4, -0.2) is 20.7 Å². The predicted molar refractivity (Wildman–Crippen MR) is 94.3 cm³/mol. The molecule has 3 rings (SSSR count). The minimum absolute atomic E-state index is 0.0379. The van der Waals surface area contributed by atoms with Gasteiger partial charge in [-0.2, -0.15) is 5.10 Å². The Kier molecular flexibility index (Phi) is 4.51. The topological polar surface area (TPSA) is 59.8 Å². The van der Waals surface area contributed by atoms with E-state index in [2.05, 4.69) is 40.9 Å². The van der Waals surface area contributed by atoms with Crippen LogP contribution in [0.3, 0.4) is 0 Å². The van der Waals surface area contributed by atoms with E-state index in [-0.39, 0.29) is 17.5 Å². The van der Waals surface area contributed by atoms with E-state index < -0.39 is 0 Å². The Morgan fingerprint density at radius 3 is 2.92 bits per heavy atom. The van der Waals surface area contributed by atoms with Crippen molar-refractivity contribution in [1.29, 1.82) is 0 Å². The molecule has 0 radical (unpaired) electrons. The van der Waals surface area contributed by atoms with Crippen LogP contribution in [0.5, 0.6) is 0 Å². The maximum absolute atomic E-state index is 12.3. The number of nitrogens with one attached hydrogen (secondary N) is 1. The molecule has 0 spiro atoms. The molecule has 1 aliphatic carbocycles. The second-order valence-corrected chi connectivity index (χ2v) is 7.20. The average molecular weight is 324 g/mol. The van der Waals surface area contributed by atoms with Crippen LogP contribution >= 0.6 is 0 Å². The number of amides is 1. The summed E-state index contributed by atoms with van der Waals surface area (Å²) >= 11 is 0. The van der Waals surface area contributed by atoms with Crippen molar-refractivity contribution in [2.75, 3.05) is 0 Å². The molecular weight excluding hydrogens is 300 g/mol. The van der Waals surface area contributed by atoms with Gasteiger partial charge < -0.3 is 5.32 Å². The van der Waals surface area contributed by atoms with Gasteiger partial charge in [0.1, 0.15) is 0 Å². The van der Waals surface area contributed by atoms with E-state index >= 15 is 0 Å². The van der Waals surface area contributed by atoms with Gasteiger partial charge in [-0.3, -0.25) is 14.5 Å². The van der Waals surface area contributed by atoms with Gasteiger partial charge in [-0.25, -0.2) is 0 Å². The Bertz CT molecular complexity index is 740. The summed E-state index contributed by atoms with van der Waals surface area (Å²) in [6.07, 6.45) is 11.7. The van der Waals surface area contributed by atoms with Crippen LogP contribution < -0.4 is 5.32 Å². The Balaban J connectivity index is 1.72. The molecule has 0 aliphatic heterocycles. The number of hydrogen-bond acceptors (Lipinski definition) is 3. The monoisotopic (exact) mass is 324 g/mol. The van der Waals surface area contributed by atoms with Crippen molar-refractivity contribution < 1.29 is 4.79 Å². The van der Waals surface area contributed by atoms with Gasteiger partial charge in [0.2, 0.25) is 5.91 Å². The summed E-state index contributed by atoms with van der Waals surface area (Å²) in [5.74, 6) is -0.0831. The average Bonchev–Trinajstić information content (AvgIpc) is 2.99. The van der Waals surface area contributed by atoms with E-state index in [0.29, 0.717) is 0 Å². The number of pyridine rings is 1. The lowest BCUT2D eigenvalue weighted by atomic mass is 9.92. The third-order valence-electron chi connectivity index (χ3n) is 4.25. The number of nitrogens with zero attached hydrogens (tertiary/aromatic N) is 3. The van der Waals surface area contributed by atoms with Gasteiger partial charge in [-0.15, -0.1) is 0 Å². The van der Waals surface area contributed by atoms with E-state index in [9.17, 15) is 4.79 Å². The second-order valence-electron chi connectivity index (χ2n) is 7.20. The molecule has 0 saturated carbocycles. The Morgan fingerprint density at radius 1 is 1.38 bits per heavy atom. The zero-order valence-corrected chi connectivity index (χ0v) is 14.5. The summed E-state index contributed by atoms with van der Waals surface area (Å²) in [7, 11) is 0. The zero-order chi connectivity index (χ0) is 17.2.